The van der Waals surface area contributed by atoms with Crippen LogP contribution in [0.1, 0.15) is 32.6 Å². The summed E-state index contributed by atoms with van der Waals surface area (Å²) in [5.74, 6) is -0.000182. The van der Waals surface area contributed by atoms with Gasteiger partial charge in [0, 0.05) is 13.1 Å². The average Bonchev–Trinajstić information content (AvgIpc) is 2.74. The molecule has 0 spiro atoms. The van der Waals surface area contributed by atoms with Crippen LogP contribution in [0, 0.1) is 0 Å². The van der Waals surface area contributed by atoms with E-state index in [-0.39, 0.29) is 24.9 Å². The molecule has 0 atom stereocenters. The molecule has 5 heteroatoms. The molecule has 1 aliphatic carbocycles. The van der Waals surface area contributed by atoms with E-state index in [2.05, 4.69) is 10.6 Å². The number of carbonyl (C=O) groups excluding carboxylic acids is 1. The fraction of sp³-hybridized carbons (Fsp3) is 0.909. The Morgan fingerprint density at radius 2 is 2.00 bits per heavy atom. The highest BCUT2D eigenvalue weighted by atomic mass is 35.5. The lowest BCUT2D eigenvalue weighted by molar-refractivity contribution is -0.127. The van der Waals surface area contributed by atoms with E-state index in [0.29, 0.717) is 12.6 Å². The van der Waals surface area contributed by atoms with Crippen LogP contribution >= 0.6 is 12.4 Å². The van der Waals surface area contributed by atoms with Gasteiger partial charge in [-0.3, -0.25) is 4.79 Å². The lowest BCUT2D eigenvalue weighted by Gasteiger charge is -2.11. The van der Waals surface area contributed by atoms with Crippen molar-refractivity contribution in [3.8, 4) is 0 Å². The van der Waals surface area contributed by atoms with Gasteiger partial charge in [0.15, 0.2) is 0 Å². The molecule has 96 valence electrons. The van der Waals surface area contributed by atoms with Crippen LogP contribution < -0.4 is 10.6 Å². The van der Waals surface area contributed by atoms with Crippen molar-refractivity contribution in [3.05, 3.63) is 0 Å². The first kappa shape index (κ1) is 15.7. The van der Waals surface area contributed by atoms with Crippen molar-refractivity contribution in [2.45, 2.75) is 38.7 Å². The summed E-state index contributed by atoms with van der Waals surface area (Å²) in [4.78, 5) is 11.3. The van der Waals surface area contributed by atoms with E-state index in [0.717, 1.165) is 25.9 Å². The van der Waals surface area contributed by atoms with Gasteiger partial charge in [-0.05, 0) is 19.4 Å². The molecule has 0 saturated heterocycles. The maximum atomic E-state index is 11.3. The number of halogens is 1. The molecule has 0 aliphatic heterocycles. The second-order valence-corrected chi connectivity index (χ2v) is 3.92. The number of amides is 1. The minimum Gasteiger partial charge on any atom is -0.368 e. The molecule has 16 heavy (non-hydrogen) atoms. The van der Waals surface area contributed by atoms with E-state index < -0.39 is 0 Å². The molecule has 1 saturated carbocycles. The van der Waals surface area contributed by atoms with Crippen LogP contribution in [-0.2, 0) is 9.53 Å². The van der Waals surface area contributed by atoms with Gasteiger partial charge in [0.1, 0.15) is 6.61 Å². The quantitative estimate of drug-likeness (QED) is 0.666. The van der Waals surface area contributed by atoms with Crippen LogP contribution in [0.5, 0.6) is 0 Å². The van der Waals surface area contributed by atoms with Crippen LogP contribution in [0.2, 0.25) is 0 Å². The van der Waals surface area contributed by atoms with E-state index in [1.165, 1.54) is 12.8 Å². The number of ether oxygens (including phenoxy) is 1. The molecule has 4 nitrogen and oxygen atoms in total. The molecule has 1 amide bonds. The summed E-state index contributed by atoms with van der Waals surface area (Å²) in [6, 6.07) is 0. The number of nitrogens with one attached hydrogen (secondary N) is 2. The zero-order valence-electron chi connectivity index (χ0n) is 9.96. The first-order valence-electron chi connectivity index (χ1n) is 5.92. The van der Waals surface area contributed by atoms with Crippen LogP contribution in [0.25, 0.3) is 0 Å². The Hall–Kier alpha value is -0.320. The third-order valence-electron chi connectivity index (χ3n) is 2.63. The molecular formula is C11H23ClN2O2. The normalized spacial score (nSPS) is 15.8. The average molecular weight is 251 g/mol. The van der Waals surface area contributed by atoms with Crippen LogP contribution in [-0.4, -0.2) is 38.3 Å². The standard InChI is InChI=1S/C11H22N2O2.ClH/c1-2-12-7-8-13-11(14)9-15-10-5-3-4-6-10;/h10,12H,2-9H2,1H3,(H,13,14);1H. The van der Waals surface area contributed by atoms with E-state index in [1.807, 2.05) is 6.92 Å². The predicted octanol–water partition coefficient (Wildman–Crippen LogP) is 1.09. The molecule has 2 N–H and O–H groups in total. The van der Waals surface area contributed by atoms with Crippen LogP contribution in [0.4, 0.5) is 0 Å². The van der Waals surface area contributed by atoms with Gasteiger partial charge in [-0.25, -0.2) is 0 Å². The second kappa shape index (κ2) is 9.87. The molecule has 0 unspecified atom stereocenters. The van der Waals surface area contributed by atoms with Gasteiger partial charge in [0.2, 0.25) is 5.91 Å². The number of likely N-dealkylation sites (N-methyl/N-ethyl adjacent to an activating group) is 1. The summed E-state index contributed by atoms with van der Waals surface area (Å²) in [6.45, 7) is 4.71. The van der Waals surface area contributed by atoms with Crippen molar-refractivity contribution < 1.29 is 9.53 Å². The summed E-state index contributed by atoms with van der Waals surface area (Å²) in [7, 11) is 0. The van der Waals surface area contributed by atoms with E-state index in [1.54, 1.807) is 0 Å². The number of hydrogen-bond acceptors (Lipinski definition) is 3. The Bertz CT molecular complexity index is 185. The van der Waals surface area contributed by atoms with Gasteiger partial charge in [-0.1, -0.05) is 19.8 Å². The summed E-state index contributed by atoms with van der Waals surface area (Å²) in [6.07, 6.45) is 5.04. The second-order valence-electron chi connectivity index (χ2n) is 3.92. The number of rotatable bonds is 7. The van der Waals surface area contributed by atoms with Crippen molar-refractivity contribution in [3.63, 3.8) is 0 Å². The molecule has 1 rings (SSSR count). The largest absolute Gasteiger partial charge is 0.368 e. The molecule has 0 heterocycles. The van der Waals surface area contributed by atoms with Crippen molar-refractivity contribution in [1.29, 1.82) is 0 Å². The summed E-state index contributed by atoms with van der Waals surface area (Å²) in [5.41, 5.74) is 0. The van der Waals surface area contributed by atoms with Gasteiger partial charge in [0.25, 0.3) is 0 Å². The summed E-state index contributed by atoms with van der Waals surface area (Å²) >= 11 is 0. The third kappa shape index (κ3) is 7.04. The van der Waals surface area contributed by atoms with E-state index >= 15 is 0 Å². The van der Waals surface area contributed by atoms with Crippen molar-refractivity contribution in [2.75, 3.05) is 26.2 Å². The van der Waals surface area contributed by atoms with Crippen molar-refractivity contribution in [1.82, 2.24) is 10.6 Å². The highest BCUT2D eigenvalue weighted by molar-refractivity contribution is 5.85. The Kier molecular flexibility index (Phi) is 9.68. The van der Waals surface area contributed by atoms with Crippen molar-refractivity contribution in [2.24, 2.45) is 0 Å². The number of carbonyl (C=O) groups is 1. The minimum atomic E-state index is -0.000182. The molecule has 1 aliphatic rings. The first-order valence-corrected chi connectivity index (χ1v) is 5.92. The lowest BCUT2D eigenvalue weighted by Crippen LogP contribution is -2.34. The predicted molar refractivity (Wildman–Crippen MR) is 67.0 cm³/mol. The topological polar surface area (TPSA) is 50.4 Å². The van der Waals surface area contributed by atoms with Gasteiger partial charge in [0.05, 0.1) is 6.10 Å². The van der Waals surface area contributed by atoms with Gasteiger partial charge in [-0.15, -0.1) is 12.4 Å². The zero-order chi connectivity index (χ0) is 10.9. The van der Waals surface area contributed by atoms with Crippen molar-refractivity contribution >= 4 is 18.3 Å². The van der Waals surface area contributed by atoms with Gasteiger partial charge >= 0.3 is 0 Å². The van der Waals surface area contributed by atoms with Crippen LogP contribution in [0.3, 0.4) is 0 Å². The Labute approximate surface area is 104 Å². The Morgan fingerprint density at radius 3 is 2.62 bits per heavy atom. The maximum absolute atomic E-state index is 11.3. The molecule has 0 aromatic carbocycles. The van der Waals surface area contributed by atoms with Gasteiger partial charge in [-0.2, -0.15) is 0 Å². The van der Waals surface area contributed by atoms with Gasteiger partial charge < -0.3 is 15.4 Å². The Balaban J connectivity index is 0.00000225. The number of hydrogen-bond donors (Lipinski definition) is 2. The first-order chi connectivity index (χ1) is 7.33. The monoisotopic (exact) mass is 250 g/mol. The minimum absolute atomic E-state index is 0. The SMILES string of the molecule is CCNCCNC(=O)COC1CCCC1.Cl. The zero-order valence-corrected chi connectivity index (χ0v) is 10.8. The Morgan fingerprint density at radius 1 is 1.31 bits per heavy atom. The molecule has 1 fully saturated rings. The van der Waals surface area contributed by atoms with Crippen LogP contribution in [0.15, 0.2) is 0 Å². The summed E-state index contributed by atoms with van der Waals surface area (Å²) < 4.78 is 5.49. The maximum Gasteiger partial charge on any atom is 0.246 e. The molecule has 0 radical (unpaired) electrons. The smallest absolute Gasteiger partial charge is 0.246 e. The molecule has 0 bridgehead atoms. The highest BCUT2D eigenvalue weighted by Gasteiger charge is 2.16. The molecule has 0 aromatic heterocycles. The summed E-state index contributed by atoms with van der Waals surface area (Å²) in [5, 5.41) is 5.96. The fourth-order valence-corrected chi connectivity index (χ4v) is 1.77. The highest BCUT2D eigenvalue weighted by Crippen LogP contribution is 2.20. The molecule has 0 aromatic rings. The lowest BCUT2D eigenvalue weighted by atomic mass is 10.3. The van der Waals surface area contributed by atoms with E-state index in [4.69, 9.17) is 4.74 Å². The third-order valence-corrected chi connectivity index (χ3v) is 2.63. The van der Waals surface area contributed by atoms with E-state index in [9.17, 15) is 4.79 Å². The molecular weight excluding hydrogens is 228 g/mol. The fourth-order valence-electron chi connectivity index (χ4n) is 1.77.